The first-order chi connectivity index (χ1) is 9.36. The van der Waals surface area contributed by atoms with E-state index in [2.05, 4.69) is 47.6 Å². The van der Waals surface area contributed by atoms with Crippen LogP contribution in [0.1, 0.15) is 16.7 Å². The van der Waals surface area contributed by atoms with E-state index in [-0.39, 0.29) is 0 Å². The summed E-state index contributed by atoms with van der Waals surface area (Å²) >= 11 is 1.88. The molecule has 0 amide bonds. The molecule has 96 valence electrons. The van der Waals surface area contributed by atoms with Crippen molar-refractivity contribution in [2.45, 2.75) is 19.9 Å². The predicted molar refractivity (Wildman–Crippen MR) is 82.8 cm³/mol. The zero-order valence-corrected chi connectivity index (χ0v) is 11.7. The highest BCUT2D eigenvalue weighted by atomic mass is 32.1. The average Bonchev–Trinajstić information content (AvgIpc) is 2.93. The highest BCUT2D eigenvalue weighted by Gasteiger charge is 2.02. The lowest BCUT2D eigenvalue weighted by molar-refractivity contribution is 1.19. The van der Waals surface area contributed by atoms with Gasteiger partial charge in [-0.15, -0.1) is 11.3 Å². The van der Waals surface area contributed by atoms with Gasteiger partial charge >= 0.3 is 0 Å². The molecule has 0 saturated carbocycles. The van der Waals surface area contributed by atoms with Gasteiger partial charge in [-0.25, -0.2) is 0 Å². The third-order valence-corrected chi connectivity index (χ3v) is 4.43. The van der Waals surface area contributed by atoms with Crippen molar-refractivity contribution in [3.63, 3.8) is 0 Å². The fourth-order valence-corrected chi connectivity index (χ4v) is 3.05. The summed E-state index contributed by atoms with van der Waals surface area (Å²) in [5, 5.41) is 5.91. The Morgan fingerprint density at radius 3 is 2.84 bits per heavy atom. The highest BCUT2D eigenvalue weighted by molar-refractivity contribution is 7.12. The third-order valence-electron chi connectivity index (χ3n) is 3.20. The minimum Gasteiger partial charge on any atom is -0.380 e. The fraction of sp³-hybridized carbons (Fsp3) is 0.188. The number of rotatable bonds is 4. The number of anilines is 1. The molecule has 0 spiro atoms. The van der Waals surface area contributed by atoms with Crippen molar-refractivity contribution in [2.75, 3.05) is 5.32 Å². The van der Waals surface area contributed by atoms with Gasteiger partial charge in [0.2, 0.25) is 0 Å². The normalized spacial score (nSPS) is 10.8. The number of pyridine rings is 1. The van der Waals surface area contributed by atoms with Crippen LogP contribution in [-0.2, 0) is 13.0 Å². The summed E-state index contributed by atoms with van der Waals surface area (Å²) < 4.78 is 0. The predicted octanol–water partition coefficient (Wildman–Crippen LogP) is 4.47. The first-order valence-electron chi connectivity index (χ1n) is 6.51. The van der Waals surface area contributed by atoms with E-state index in [1.807, 2.05) is 29.8 Å². The Bertz CT molecular complexity index is 683. The molecule has 0 aliphatic rings. The lowest BCUT2D eigenvalue weighted by Gasteiger charge is -2.08. The Labute approximate surface area is 117 Å². The molecule has 19 heavy (non-hydrogen) atoms. The summed E-state index contributed by atoms with van der Waals surface area (Å²) in [6, 6.07) is 12.8. The molecule has 0 atom stereocenters. The number of aromatic nitrogens is 1. The summed E-state index contributed by atoms with van der Waals surface area (Å²) in [5.74, 6) is 0. The molecule has 1 aromatic carbocycles. The van der Waals surface area contributed by atoms with E-state index in [0.717, 1.165) is 18.7 Å². The Balaban J connectivity index is 1.81. The maximum absolute atomic E-state index is 4.21. The van der Waals surface area contributed by atoms with E-state index < -0.39 is 0 Å². The van der Waals surface area contributed by atoms with Crippen molar-refractivity contribution in [1.82, 2.24) is 4.98 Å². The van der Waals surface area contributed by atoms with Crippen molar-refractivity contribution in [3.8, 4) is 0 Å². The molecule has 1 N–H and O–H groups in total. The van der Waals surface area contributed by atoms with Crippen molar-refractivity contribution >= 4 is 27.8 Å². The SMILES string of the molecule is CCc1ccc(CNc2cccc3ccncc23)s1. The standard InChI is InChI=1S/C16H16N2S/c1-2-13-6-7-14(19-13)10-18-16-5-3-4-12-8-9-17-11-15(12)16/h3-9,11,18H,2,10H2,1H3. The second-order valence-electron chi connectivity index (χ2n) is 4.48. The van der Waals surface area contributed by atoms with Crippen molar-refractivity contribution in [3.05, 3.63) is 58.5 Å². The Hall–Kier alpha value is -1.87. The molecule has 2 heterocycles. The lowest BCUT2D eigenvalue weighted by Crippen LogP contribution is -1.98. The molecule has 0 fully saturated rings. The van der Waals surface area contributed by atoms with Gasteiger partial charge in [0.1, 0.15) is 0 Å². The summed E-state index contributed by atoms with van der Waals surface area (Å²) in [7, 11) is 0. The molecule has 0 aliphatic heterocycles. The van der Waals surface area contributed by atoms with Gasteiger partial charge in [-0.3, -0.25) is 4.98 Å². The van der Waals surface area contributed by atoms with Gasteiger partial charge in [-0.05, 0) is 36.1 Å². The summed E-state index contributed by atoms with van der Waals surface area (Å²) in [5.41, 5.74) is 1.15. The van der Waals surface area contributed by atoms with Crippen LogP contribution in [0.5, 0.6) is 0 Å². The molecule has 3 aromatic rings. The quantitative estimate of drug-likeness (QED) is 0.755. The fourth-order valence-electron chi connectivity index (χ4n) is 2.16. The van der Waals surface area contributed by atoms with Gasteiger partial charge in [0.25, 0.3) is 0 Å². The highest BCUT2D eigenvalue weighted by Crippen LogP contribution is 2.24. The lowest BCUT2D eigenvalue weighted by atomic mass is 10.1. The monoisotopic (exact) mass is 268 g/mol. The molecule has 3 rings (SSSR count). The molecule has 0 radical (unpaired) electrons. The molecule has 0 saturated heterocycles. The molecule has 0 aliphatic carbocycles. The Morgan fingerprint density at radius 1 is 1.11 bits per heavy atom. The van der Waals surface area contributed by atoms with Crippen LogP contribution >= 0.6 is 11.3 Å². The van der Waals surface area contributed by atoms with E-state index in [0.29, 0.717) is 0 Å². The summed E-state index contributed by atoms with van der Waals surface area (Å²) in [4.78, 5) is 7.02. The number of thiophene rings is 1. The smallest absolute Gasteiger partial charge is 0.0494 e. The van der Waals surface area contributed by atoms with Crippen LogP contribution in [0, 0.1) is 0 Å². The largest absolute Gasteiger partial charge is 0.380 e. The van der Waals surface area contributed by atoms with Crippen molar-refractivity contribution < 1.29 is 0 Å². The molecular formula is C16H16N2S. The van der Waals surface area contributed by atoms with E-state index in [9.17, 15) is 0 Å². The van der Waals surface area contributed by atoms with Crippen LogP contribution in [0.3, 0.4) is 0 Å². The molecule has 2 nitrogen and oxygen atoms in total. The molecule has 2 aromatic heterocycles. The number of nitrogens with zero attached hydrogens (tertiary/aromatic N) is 1. The molecule has 3 heteroatoms. The van der Waals surface area contributed by atoms with E-state index in [1.54, 1.807) is 0 Å². The van der Waals surface area contributed by atoms with Gasteiger partial charge < -0.3 is 5.32 Å². The second-order valence-corrected chi connectivity index (χ2v) is 5.73. The summed E-state index contributed by atoms with van der Waals surface area (Å²) in [6.07, 6.45) is 4.87. The van der Waals surface area contributed by atoms with Gasteiger partial charge in [-0.2, -0.15) is 0 Å². The van der Waals surface area contributed by atoms with Gasteiger partial charge in [0.05, 0.1) is 0 Å². The number of benzene rings is 1. The Kier molecular flexibility index (Phi) is 3.47. The van der Waals surface area contributed by atoms with Crippen LogP contribution in [0.4, 0.5) is 5.69 Å². The molecule has 0 unspecified atom stereocenters. The Morgan fingerprint density at radius 2 is 2.00 bits per heavy atom. The maximum Gasteiger partial charge on any atom is 0.0494 e. The van der Waals surface area contributed by atoms with Crippen molar-refractivity contribution in [1.29, 1.82) is 0 Å². The minimum absolute atomic E-state index is 0.874. The van der Waals surface area contributed by atoms with Gasteiger partial charge in [0, 0.05) is 39.8 Å². The third kappa shape index (κ3) is 2.61. The number of aryl methyl sites for hydroxylation is 1. The first-order valence-corrected chi connectivity index (χ1v) is 7.32. The van der Waals surface area contributed by atoms with E-state index in [1.165, 1.54) is 20.5 Å². The number of hydrogen-bond donors (Lipinski definition) is 1. The number of hydrogen-bond acceptors (Lipinski definition) is 3. The van der Waals surface area contributed by atoms with E-state index >= 15 is 0 Å². The second kappa shape index (κ2) is 5.41. The summed E-state index contributed by atoms with van der Waals surface area (Å²) in [6.45, 7) is 3.07. The average molecular weight is 268 g/mol. The van der Waals surface area contributed by atoms with Crippen LogP contribution < -0.4 is 5.32 Å². The van der Waals surface area contributed by atoms with E-state index in [4.69, 9.17) is 0 Å². The zero-order valence-electron chi connectivity index (χ0n) is 10.9. The topological polar surface area (TPSA) is 24.9 Å². The van der Waals surface area contributed by atoms with Crippen LogP contribution in [0.2, 0.25) is 0 Å². The first kappa shape index (κ1) is 12.2. The van der Waals surface area contributed by atoms with Crippen molar-refractivity contribution in [2.24, 2.45) is 0 Å². The van der Waals surface area contributed by atoms with Crippen LogP contribution in [0.25, 0.3) is 10.8 Å². The minimum atomic E-state index is 0.874. The maximum atomic E-state index is 4.21. The van der Waals surface area contributed by atoms with Gasteiger partial charge in [0.15, 0.2) is 0 Å². The van der Waals surface area contributed by atoms with Crippen LogP contribution in [0.15, 0.2) is 48.8 Å². The number of nitrogens with one attached hydrogen (secondary N) is 1. The number of fused-ring (bicyclic) bond motifs is 1. The molecule has 0 bridgehead atoms. The van der Waals surface area contributed by atoms with Gasteiger partial charge in [-0.1, -0.05) is 19.1 Å². The molecular weight excluding hydrogens is 252 g/mol. The zero-order chi connectivity index (χ0) is 13.1. The van der Waals surface area contributed by atoms with Crippen LogP contribution in [-0.4, -0.2) is 4.98 Å².